The van der Waals surface area contributed by atoms with Gasteiger partial charge in [0.1, 0.15) is 5.69 Å². The molecule has 2 rings (SSSR count). The van der Waals surface area contributed by atoms with Crippen LogP contribution in [0, 0.1) is 20.2 Å². The minimum atomic E-state index is -0.661. The molecule has 0 aliphatic carbocycles. The maximum absolute atomic E-state index is 11.9. The Morgan fingerprint density at radius 2 is 1.83 bits per heavy atom. The summed E-state index contributed by atoms with van der Waals surface area (Å²) in [5.74, 6) is -0.619. The largest absolute Gasteiger partial charge is 0.317 e. The zero-order valence-corrected chi connectivity index (χ0v) is 12.8. The number of nitro groups is 2. The van der Waals surface area contributed by atoms with Crippen molar-refractivity contribution in [1.82, 2.24) is 0 Å². The zero-order valence-electron chi connectivity index (χ0n) is 12.0. The Morgan fingerprint density at radius 3 is 2.50 bits per heavy atom. The smallest absolute Gasteiger partial charge is 0.294 e. The van der Waals surface area contributed by atoms with Crippen LogP contribution in [0.5, 0.6) is 0 Å². The molecule has 0 saturated heterocycles. The molecule has 0 spiro atoms. The van der Waals surface area contributed by atoms with Gasteiger partial charge in [-0.3, -0.25) is 25.0 Å². The van der Waals surface area contributed by atoms with Gasteiger partial charge in [0, 0.05) is 29.3 Å². The Labute approximate surface area is 140 Å². The van der Waals surface area contributed by atoms with E-state index in [1.165, 1.54) is 36.4 Å². The van der Waals surface area contributed by atoms with E-state index in [1.807, 2.05) is 0 Å². The second kappa shape index (κ2) is 7.34. The van der Waals surface area contributed by atoms with Crippen LogP contribution in [0.25, 0.3) is 6.08 Å². The van der Waals surface area contributed by atoms with Crippen LogP contribution in [-0.4, -0.2) is 15.8 Å². The van der Waals surface area contributed by atoms with Crippen molar-refractivity contribution in [3.8, 4) is 0 Å². The number of non-ortho nitro benzene ring substituents is 1. The molecule has 0 fully saturated rings. The number of nitrogens with one attached hydrogen (secondary N) is 1. The van der Waals surface area contributed by atoms with Crippen molar-refractivity contribution in [3.63, 3.8) is 0 Å². The molecule has 122 valence electrons. The lowest BCUT2D eigenvalue weighted by Gasteiger charge is -2.03. The minimum absolute atomic E-state index is 0.00177. The van der Waals surface area contributed by atoms with Crippen LogP contribution in [0.3, 0.4) is 0 Å². The highest BCUT2D eigenvalue weighted by atomic mass is 35.5. The summed E-state index contributed by atoms with van der Waals surface area (Å²) < 4.78 is 0. The van der Waals surface area contributed by atoms with E-state index in [9.17, 15) is 25.0 Å². The van der Waals surface area contributed by atoms with Gasteiger partial charge in [-0.05, 0) is 23.8 Å². The lowest BCUT2D eigenvalue weighted by Crippen LogP contribution is -2.09. The summed E-state index contributed by atoms with van der Waals surface area (Å²) in [7, 11) is 0. The minimum Gasteiger partial charge on any atom is -0.317 e. The average molecular weight is 348 g/mol. The predicted octanol–water partition coefficient (Wildman–Crippen LogP) is 3.81. The summed E-state index contributed by atoms with van der Waals surface area (Å²) >= 11 is 5.69. The van der Waals surface area contributed by atoms with E-state index in [4.69, 9.17) is 11.6 Å². The molecule has 0 unspecified atom stereocenters. The first-order chi connectivity index (χ1) is 11.4. The summed E-state index contributed by atoms with van der Waals surface area (Å²) in [4.78, 5) is 32.3. The van der Waals surface area contributed by atoms with Crippen LogP contribution in [0.15, 0.2) is 48.5 Å². The molecule has 2 aromatic rings. The summed E-state index contributed by atoms with van der Waals surface area (Å²) in [6.45, 7) is 0. The third kappa shape index (κ3) is 4.37. The summed E-state index contributed by atoms with van der Waals surface area (Å²) in [5, 5.41) is 24.2. The normalized spacial score (nSPS) is 10.5. The maximum Gasteiger partial charge on any atom is 0.294 e. The molecule has 0 radical (unpaired) electrons. The number of carbonyl (C=O) groups excluding carboxylic acids is 1. The molecule has 0 bridgehead atoms. The van der Waals surface area contributed by atoms with Gasteiger partial charge in [-0.15, -0.1) is 0 Å². The number of carbonyl (C=O) groups is 1. The molecule has 24 heavy (non-hydrogen) atoms. The van der Waals surface area contributed by atoms with E-state index in [0.29, 0.717) is 5.56 Å². The predicted molar refractivity (Wildman–Crippen MR) is 88.9 cm³/mol. The van der Waals surface area contributed by atoms with E-state index in [-0.39, 0.29) is 22.1 Å². The van der Waals surface area contributed by atoms with Gasteiger partial charge in [0.25, 0.3) is 11.4 Å². The second-order valence-electron chi connectivity index (χ2n) is 4.59. The molecular weight excluding hydrogens is 338 g/mol. The fourth-order valence-electron chi connectivity index (χ4n) is 1.85. The quantitative estimate of drug-likeness (QED) is 0.501. The van der Waals surface area contributed by atoms with Gasteiger partial charge in [-0.1, -0.05) is 23.7 Å². The number of amides is 1. The first-order valence-corrected chi connectivity index (χ1v) is 6.92. The maximum atomic E-state index is 11.9. The third-order valence-corrected chi connectivity index (χ3v) is 3.16. The molecule has 9 heteroatoms. The molecule has 0 aliphatic rings. The van der Waals surface area contributed by atoms with Gasteiger partial charge in [0.2, 0.25) is 5.91 Å². The standard InChI is InChI=1S/C15H10ClN3O5/c16-11-5-6-13(14(9-11)19(23)24)17-15(20)7-4-10-2-1-3-12(8-10)18(21)22/h1-9H,(H,17,20). The van der Waals surface area contributed by atoms with E-state index < -0.39 is 15.8 Å². The van der Waals surface area contributed by atoms with Crippen LogP contribution in [-0.2, 0) is 4.79 Å². The number of halogens is 1. The lowest BCUT2D eigenvalue weighted by atomic mass is 10.2. The van der Waals surface area contributed by atoms with Gasteiger partial charge in [0.15, 0.2) is 0 Å². The topological polar surface area (TPSA) is 115 Å². The van der Waals surface area contributed by atoms with Crippen molar-refractivity contribution >= 4 is 40.6 Å². The van der Waals surface area contributed by atoms with Crippen molar-refractivity contribution in [3.05, 3.63) is 79.4 Å². The Bertz CT molecular complexity index is 851. The second-order valence-corrected chi connectivity index (χ2v) is 5.03. The Hall–Kier alpha value is -3.26. The van der Waals surface area contributed by atoms with E-state index in [1.54, 1.807) is 6.07 Å². The highest BCUT2D eigenvalue weighted by Gasteiger charge is 2.15. The average Bonchev–Trinajstić information content (AvgIpc) is 2.54. The molecule has 2 aromatic carbocycles. The number of nitro benzene ring substituents is 2. The van der Waals surface area contributed by atoms with E-state index >= 15 is 0 Å². The monoisotopic (exact) mass is 347 g/mol. The molecule has 0 aliphatic heterocycles. The highest BCUT2D eigenvalue weighted by Crippen LogP contribution is 2.27. The number of benzene rings is 2. The number of hydrogen-bond donors (Lipinski definition) is 1. The van der Waals surface area contributed by atoms with Gasteiger partial charge in [-0.2, -0.15) is 0 Å². The number of anilines is 1. The van der Waals surface area contributed by atoms with Crippen molar-refractivity contribution in [2.45, 2.75) is 0 Å². The zero-order chi connectivity index (χ0) is 17.7. The van der Waals surface area contributed by atoms with Gasteiger partial charge < -0.3 is 5.32 Å². The Kier molecular flexibility index (Phi) is 5.23. The van der Waals surface area contributed by atoms with Crippen LogP contribution < -0.4 is 5.32 Å². The fraction of sp³-hybridized carbons (Fsp3) is 0. The molecule has 0 heterocycles. The first-order valence-electron chi connectivity index (χ1n) is 6.54. The van der Waals surface area contributed by atoms with Crippen molar-refractivity contribution in [2.24, 2.45) is 0 Å². The third-order valence-electron chi connectivity index (χ3n) is 2.92. The summed E-state index contributed by atoms with van der Waals surface area (Å²) in [6.07, 6.45) is 2.49. The molecule has 0 saturated carbocycles. The van der Waals surface area contributed by atoms with Crippen molar-refractivity contribution in [2.75, 3.05) is 5.32 Å². The summed E-state index contributed by atoms with van der Waals surface area (Å²) in [5.41, 5.74) is 0.00791. The SMILES string of the molecule is O=C(C=Cc1cccc([N+](=O)[O-])c1)Nc1ccc(Cl)cc1[N+](=O)[O-]. The first kappa shape index (κ1) is 17.1. The molecule has 0 atom stereocenters. The van der Waals surface area contributed by atoms with E-state index in [2.05, 4.69) is 5.32 Å². The highest BCUT2D eigenvalue weighted by molar-refractivity contribution is 6.31. The Morgan fingerprint density at radius 1 is 1.08 bits per heavy atom. The Balaban J connectivity index is 2.15. The number of rotatable bonds is 5. The van der Waals surface area contributed by atoms with Crippen LogP contribution in [0.1, 0.15) is 5.56 Å². The van der Waals surface area contributed by atoms with Crippen molar-refractivity contribution < 1.29 is 14.6 Å². The van der Waals surface area contributed by atoms with Crippen LogP contribution >= 0.6 is 11.6 Å². The summed E-state index contributed by atoms with van der Waals surface area (Å²) in [6, 6.07) is 9.56. The molecule has 1 N–H and O–H groups in total. The number of nitrogens with zero attached hydrogens (tertiary/aromatic N) is 2. The van der Waals surface area contributed by atoms with Gasteiger partial charge in [0.05, 0.1) is 9.85 Å². The number of hydrogen-bond acceptors (Lipinski definition) is 5. The van der Waals surface area contributed by atoms with Crippen molar-refractivity contribution in [1.29, 1.82) is 0 Å². The molecule has 0 aromatic heterocycles. The molecule has 8 nitrogen and oxygen atoms in total. The van der Waals surface area contributed by atoms with Crippen LogP contribution in [0.2, 0.25) is 5.02 Å². The lowest BCUT2D eigenvalue weighted by molar-refractivity contribution is -0.384. The molecule has 1 amide bonds. The van der Waals surface area contributed by atoms with Crippen LogP contribution in [0.4, 0.5) is 17.1 Å². The van der Waals surface area contributed by atoms with Gasteiger partial charge >= 0.3 is 0 Å². The molecular formula is C15H10ClN3O5. The van der Waals surface area contributed by atoms with Gasteiger partial charge in [-0.25, -0.2) is 0 Å². The fourth-order valence-corrected chi connectivity index (χ4v) is 2.02. The van der Waals surface area contributed by atoms with E-state index in [0.717, 1.165) is 12.1 Å².